The summed E-state index contributed by atoms with van der Waals surface area (Å²) in [5.41, 5.74) is 2.72. The van der Waals surface area contributed by atoms with Gasteiger partial charge in [-0.25, -0.2) is 30.0 Å². The normalized spacial score (nSPS) is 18.3. The summed E-state index contributed by atoms with van der Waals surface area (Å²) in [6, 6.07) is 0. The Hall–Kier alpha value is -0.220. The first-order chi connectivity index (χ1) is 8.69. The lowest BCUT2D eigenvalue weighted by atomic mass is 9.98. The smallest absolute Gasteiger partial charge is 0.148 e. The van der Waals surface area contributed by atoms with E-state index < -0.39 is 20.1 Å². The van der Waals surface area contributed by atoms with Gasteiger partial charge in [-0.15, -0.1) is 0 Å². The first-order valence-corrected chi connectivity index (χ1v) is 12.7. The standard InChI is InChI=1S/C15H28N2S2/c1-18(2,3)15(19(4,5)6)14-16-11-12-9-7-8-10-13(12)17-14/h11,15H,7-10H2,1-6H3. The van der Waals surface area contributed by atoms with Crippen LogP contribution in [0.1, 0.15) is 34.5 Å². The Labute approximate surface area is 121 Å². The SMILES string of the molecule is CS(C)(C)C(c1ncc2c(n1)CCCC2)S(C)(C)C. The lowest BCUT2D eigenvalue weighted by Crippen LogP contribution is -2.19. The molecule has 1 aliphatic rings. The van der Waals surface area contributed by atoms with Crippen LogP contribution in [0.15, 0.2) is 6.20 Å². The third-order valence-electron chi connectivity index (χ3n) is 3.58. The fourth-order valence-corrected chi connectivity index (χ4v) is 11.5. The van der Waals surface area contributed by atoms with E-state index in [1.165, 1.54) is 30.5 Å². The molecule has 0 unspecified atom stereocenters. The van der Waals surface area contributed by atoms with E-state index in [1.54, 1.807) is 0 Å². The maximum absolute atomic E-state index is 4.98. The molecule has 2 nitrogen and oxygen atoms in total. The molecule has 0 bridgehead atoms. The molecule has 0 N–H and O–H groups in total. The average Bonchev–Trinajstić information content (AvgIpc) is 2.25. The van der Waals surface area contributed by atoms with Gasteiger partial charge in [0.25, 0.3) is 0 Å². The summed E-state index contributed by atoms with van der Waals surface area (Å²) in [5.74, 6) is 1.12. The summed E-state index contributed by atoms with van der Waals surface area (Å²) >= 11 is 0. The van der Waals surface area contributed by atoms with Crippen molar-refractivity contribution in [1.82, 2.24) is 9.97 Å². The van der Waals surface area contributed by atoms with Crippen LogP contribution in [0.2, 0.25) is 0 Å². The Balaban J connectivity index is 2.43. The minimum atomic E-state index is -0.690. The van der Waals surface area contributed by atoms with Crippen molar-refractivity contribution < 1.29 is 0 Å². The van der Waals surface area contributed by atoms with Crippen molar-refractivity contribution in [3.05, 3.63) is 23.3 Å². The molecule has 0 saturated heterocycles. The molecule has 0 atom stereocenters. The zero-order chi connectivity index (χ0) is 14.3. The second-order valence-corrected chi connectivity index (χ2v) is 16.1. The lowest BCUT2D eigenvalue weighted by molar-refractivity contribution is 0.657. The van der Waals surface area contributed by atoms with Crippen molar-refractivity contribution >= 4 is 20.1 Å². The highest BCUT2D eigenvalue weighted by molar-refractivity contribution is 8.47. The summed E-state index contributed by atoms with van der Waals surface area (Å²) < 4.78 is 0.548. The average molecular weight is 301 g/mol. The van der Waals surface area contributed by atoms with Crippen molar-refractivity contribution in [2.75, 3.05) is 37.5 Å². The quantitative estimate of drug-likeness (QED) is 0.850. The number of rotatable bonds is 3. The van der Waals surface area contributed by atoms with Gasteiger partial charge in [-0.05, 0) is 68.8 Å². The Morgan fingerprint density at radius 3 is 2.11 bits per heavy atom. The van der Waals surface area contributed by atoms with Gasteiger partial charge in [0.05, 0.1) is 4.58 Å². The van der Waals surface area contributed by atoms with Gasteiger partial charge in [-0.1, -0.05) is 0 Å². The van der Waals surface area contributed by atoms with Gasteiger partial charge in [0.2, 0.25) is 0 Å². The number of hydrogen-bond donors (Lipinski definition) is 0. The Morgan fingerprint density at radius 1 is 0.947 bits per heavy atom. The van der Waals surface area contributed by atoms with Crippen LogP contribution in [0, 0.1) is 0 Å². The van der Waals surface area contributed by atoms with Gasteiger partial charge >= 0.3 is 0 Å². The highest BCUT2D eigenvalue weighted by Crippen LogP contribution is 2.67. The van der Waals surface area contributed by atoms with E-state index >= 15 is 0 Å². The minimum absolute atomic E-state index is 0.548. The Kier molecular flexibility index (Phi) is 4.22. The Morgan fingerprint density at radius 2 is 1.53 bits per heavy atom. The van der Waals surface area contributed by atoms with E-state index in [9.17, 15) is 0 Å². The monoisotopic (exact) mass is 300 g/mol. The molecule has 0 fully saturated rings. The van der Waals surface area contributed by atoms with E-state index in [0.717, 1.165) is 12.2 Å². The maximum atomic E-state index is 4.98. The topological polar surface area (TPSA) is 25.8 Å². The molecule has 19 heavy (non-hydrogen) atoms. The number of hydrogen-bond acceptors (Lipinski definition) is 2. The predicted molar refractivity (Wildman–Crippen MR) is 92.1 cm³/mol. The molecule has 0 aliphatic heterocycles. The molecule has 110 valence electrons. The summed E-state index contributed by atoms with van der Waals surface area (Å²) in [6.07, 6.45) is 21.4. The second kappa shape index (κ2) is 5.28. The molecule has 0 radical (unpaired) electrons. The largest absolute Gasteiger partial charge is 0.239 e. The van der Waals surface area contributed by atoms with Crippen molar-refractivity contribution in [2.45, 2.75) is 30.3 Å². The molecule has 2 rings (SSSR count). The highest BCUT2D eigenvalue weighted by atomic mass is 32.3. The number of fused-ring (bicyclic) bond motifs is 1. The summed E-state index contributed by atoms with van der Waals surface area (Å²) in [6.45, 7) is 0. The Bertz CT molecular complexity index is 444. The zero-order valence-electron chi connectivity index (χ0n) is 13.2. The first kappa shape index (κ1) is 15.2. The molecule has 4 heteroatoms. The third kappa shape index (κ3) is 3.46. The van der Waals surface area contributed by atoms with Gasteiger partial charge < -0.3 is 0 Å². The predicted octanol–water partition coefficient (Wildman–Crippen LogP) is 3.74. The van der Waals surface area contributed by atoms with E-state index in [4.69, 9.17) is 9.97 Å². The van der Waals surface area contributed by atoms with Crippen LogP contribution in [0.3, 0.4) is 0 Å². The molecule has 0 aromatic carbocycles. The zero-order valence-corrected chi connectivity index (χ0v) is 14.8. The first-order valence-electron chi connectivity index (χ1n) is 6.88. The van der Waals surface area contributed by atoms with Crippen LogP contribution in [0.4, 0.5) is 0 Å². The minimum Gasteiger partial charge on any atom is -0.239 e. The maximum Gasteiger partial charge on any atom is 0.148 e. The summed E-state index contributed by atoms with van der Waals surface area (Å²) in [4.78, 5) is 9.73. The van der Waals surface area contributed by atoms with Crippen LogP contribution in [-0.4, -0.2) is 47.5 Å². The van der Waals surface area contributed by atoms with Gasteiger partial charge in [-0.3, -0.25) is 0 Å². The molecule has 0 amide bonds. The van der Waals surface area contributed by atoms with Crippen LogP contribution in [0.5, 0.6) is 0 Å². The van der Waals surface area contributed by atoms with E-state index in [1.807, 2.05) is 0 Å². The lowest BCUT2D eigenvalue weighted by Gasteiger charge is -2.46. The molecule has 0 saturated carbocycles. The summed E-state index contributed by atoms with van der Waals surface area (Å²) in [7, 11) is -1.38. The van der Waals surface area contributed by atoms with Gasteiger partial charge in [-0.2, -0.15) is 0 Å². The van der Waals surface area contributed by atoms with E-state index in [0.29, 0.717) is 4.58 Å². The van der Waals surface area contributed by atoms with Crippen LogP contribution >= 0.6 is 20.1 Å². The third-order valence-corrected chi connectivity index (χ3v) is 10.0. The molecule has 1 aromatic heterocycles. The fourth-order valence-electron chi connectivity index (χ4n) is 3.10. The van der Waals surface area contributed by atoms with Crippen molar-refractivity contribution in [3.63, 3.8) is 0 Å². The summed E-state index contributed by atoms with van der Waals surface area (Å²) in [5, 5.41) is 0. The van der Waals surface area contributed by atoms with Crippen molar-refractivity contribution in [1.29, 1.82) is 0 Å². The molecular weight excluding hydrogens is 272 g/mol. The molecule has 0 spiro atoms. The van der Waals surface area contributed by atoms with Crippen LogP contribution in [-0.2, 0) is 12.8 Å². The molecule has 1 heterocycles. The number of nitrogens with zero attached hydrogens (tertiary/aromatic N) is 2. The van der Waals surface area contributed by atoms with E-state index in [2.05, 4.69) is 43.7 Å². The molecular formula is C15H28N2S2. The molecule has 1 aliphatic carbocycles. The van der Waals surface area contributed by atoms with Gasteiger partial charge in [0, 0.05) is 11.9 Å². The highest BCUT2D eigenvalue weighted by Gasteiger charge is 2.33. The van der Waals surface area contributed by atoms with Crippen molar-refractivity contribution in [3.8, 4) is 0 Å². The number of aryl methyl sites for hydroxylation is 2. The molecule has 1 aromatic rings. The van der Waals surface area contributed by atoms with Crippen LogP contribution in [0.25, 0.3) is 0 Å². The van der Waals surface area contributed by atoms with E-state index in [-0.39, 0.29) is 0 Å². The number of aromatic nitrogens is 2. The van der Waals surface area contributed by atoms with Crippen LogP contribution < -0.4 is 0 Å². The van der Waals surface area contributed by atoms with Gasteiger partial charge in [0.1, 0.15) is 5.82 Å². The van der Waals surface area contributed by atoms with Gasteiger partial charge in [0.15, 0.2) is 0 Å². The second-order valence-electron chi connectivity index (χ2n) is 7.10. The fraction of sp³-hybridized carbons (Fsp3) is 0.733. The van der Waals surface area contributed by atoms with Crippen molar-refractivity contribution in [2.24, 2.45) is 0 Å².